The number of benzene rings is 1. The van der Waals surface area contributed by atoms with E-state index >= 15 is 0 Å². The summed E-state index contributed by atoms with van der Waals surface area (Å²) in [5.41, 5.74) is 9.56. The van der Waals surface area contributed by atoms with Crippen molar-refractivity contribution in [2.24, 2.45) is 0 Å². The SMILES string of the molecule is COc1cccc(CCNC(=O)C2NNNC2C)c1OC. The van der Waals surface area contributed by atoms with Crippen LogP contribution in [0.5, 0.6) is 11.5 Å². The summed E-state index contributed by atoms with van der Waals surface area (Å²) in [4.78, 5) is 12.0. The monoisotopic (exact) mass is 294 g/mol. The maximum Gasteiger partial charge on any atom is 0.240 e. The predicted octanol–water partition coefficient (Wildman–Crippen LogP) is -0.268. The predicted molar refractivity (Wildman–Crippen MR) is 78.9 cm³/mol. The second kappa shape index (κ2) is 7.26. The molecule has 0 aromatic heterocycles. The molecule has 2 atom stereocenters. The molecule has 0 saturated carbocycles. The molecule has 0 spiro atoms. The summed E-state index contributed by atoms with van der Waals surface area (Å²) in [7, 11) is 3.22. The molecule has 7 nitrogen and oxygen atoms in total. The lowest BCUT2D eigenvalue weighted by molar-refractivity contribution is -0.123. The Morgan fingerprint density at radius 1 is 1.29 bits per heavy atom. The van der Waals surface area contributed by atoms with Crippen LogP contribution in [-0.4, -0.2) is 38.8 Å². The number of ether oxygens (including phenoxy) is 2. The number of hydrogen-bond donors (Lipinski definition) is 4. The molecule has 2 unspecified atom stereocenters. The summed E-state index contributed by atoms with van der Waals surface area (Å²) in [5.74, 6) is 1.37. The Kier molecular flexibility index (Phi) is 5.38. The number of rotatable bonds is 6. The molecule has 0 radical (unpaired) electrons. The average molecular weight is 294 g/mol. The van der Waals surface area contributed by atoms with Crippen LogP contribution in [0.3, 0.4) is 0 Å². The molecule has 0 bridgehead atoms. The van der Waals surface area contributed by atoms with Crippen LogP contribution < -0.4 is 31.2 Å². The fourth-order valence-electron chi connectivity index (χ4n) is 2.32. The van der Waals surface area contributed by atoms with Crippen LogP contribution in [0.1, 0.15) is 12.5 Å². The number of para-hydroxylation sites is 1. The smallest absolute Gasteiger partial charge is 0.240 e. The third-order valence-electron chi connectivity index (χ3n) is 3.49. The van der Waals surface area contributed by atoms with Crippen molar-refractivity contribution in [1.29, 1.82) is 0 Å². The molecule has 1 aromatic rings. The van der Waals surface area contributed by atoms with Crippen molar-refractivity contribution in [3.8, 4) is 11.5 Å². The molecule has 4 N–H and O–H groups in total. The third kappa shape index (κ3) is 3.63. The lowest BCUT2D eigenvalue weighted by Gasteiger charge is -2.15. The third-order valence-corrected chi connectivity index (χ3v) is 3.49. The fraction of sp³-hybridized carbons (Fsp3) is 0.500. The molecule has 1 amide bonds. The van der Waals surface area contributed by atoms with Crippen molar-refractivity contribution < 1.29 is 14.3 Å². The van der Waals surface area contributed by atoms with Crippen LogP contribution in [0, 0.1) is 0 Å². The van der Waals surface area contributed by atoms with Gasteiger partial charge in [-0.05, 0) is 25.0 Å². The highest BCUT2D eigenvalue weighted by atomic mass is 16.5. The first-order valence-corrected chi connectivity index (χ1v) is 6.91. The largest absolute Gasteiger partial charge is 0.493 e. The lowest BCUT2D eigenvalue weighted by atomic mass is 10.1. The molecule has 7 heteroatoms. The van der Waals surface area contributed by atoms with Crippen molar-refractivity contribution in [2.75, 3.05) is 20.8 Å². The van der Waals surface area contributed by atoms with Crippen molar-refractivity contribution in [1.82, 2.24) is 21.7 Å². The maximum absolute atomic E-state index is 12.0. The topological polar surface area (TPSA) is 83.7 Å². The van der Waals surface area contributed by atoms with E-state index in [1.54, 1.807) is 14.2 Å². The van der Waals surface area contributed by atoms with E-state index in [2.05, 4.69) is 21.7 Å². The van der Waals surface area contributed by atoms with Gasteiger partial charge in [0.05, 0.1) is 14.2 Å². The molecule has 0 aliphatic carbocycles. The van der Waals surface area contributed by atoms with Gasteiger partial charge in [0.15, 0.2) is 11.5 Å². The van der Waals surface area contributed by atoms with Crippen molar-refractivity contribution in [3.05, 3.63) is 23.8 Å². The van der Waals surface area contributed by atoms with Gasteiger partial charge in [-0.2, -0.15) is 5.53 Å². The van der Waals surface area contributed by atoms with Gasteiger partial charge in [-0.25, -0.2) is 10.9 Å². The van der Waals surface area contributed by atoms with Gasteiger partial charge in [-0.3, -0.25) is 4.79 Å². The van der Waals surface area contributed by atoms with E-state index in [0.29, 0.717) is 24.5 Å². The number of hydrazine groups is 2. The summed E-state index contributed by atoms with van der Waals surface area (Å²) < 4.78 is 10.6. The highest BCUT2D eigenvalue weighted by Gasteiger charge is 2.28. The van der Waals surface area contributed by atoms with E-state index in [1.807, 2.05) is 25.1 Å². The molecular weight excluding hydrogens is 272 g/mol. The van der Waals surface area contributed by atoms with Gasteiger partial charge in [0.1, 0.15) is 6.04 Å². The fourth-order valence-corrected chi connectivity index (χ4v) is 2.32. The van der Waals surface area contributed by atoms with Crippen LogP contribution in [0.25, 0.3) is 0 Å². The number of hydrogen-bond acceptors (Lipinski definition) is 6. The minimum absolute atomic E-state index is 0.0383. The molecule has 1 fully saturated rings. The van der Waals surface area contributed by atoms with E-state index in [1.165, 1.54) is 0 Å². The second-order valence-electron chi connectivity index (χ2n) is 4.87. The van der Waals surface area contributed by atoms with Crippen LogP contribution in [0.4, 0.5) is 0 Å². The van der Waals surface area contributed by atoms with E-state index < -0.39 is 0 Å². The van der Waals surface area contributed by atoms with Gasteiger partial charge >= 0.3 is 0 Å². The summed E-state index contributed by atoms with van der Waals surface area (Å²) >= 11 is 0. The zero-order valence-electron chi connectivity index (χ0n) is 12.5. The van der Waals surface area contributed by atoms with Crippen LogP contribution in [-0.2, 0) is 11.2 Å². The van der Waals surface area contributed by atoms with Gasteiger partial charge < -0.3 is 14.8 Å². The summed E-state index contributed by atoms with van der Waals surface area (Å²) in [6.07, 6.45) is 0.675. The average Bonchev–Trinajstić information content (AvgIpc) is 2.93. The molecule has 2 rings (SSSR count). The summed E-state index contributed by atoms with van der Waals surface area (Å²) in [5, 5.41) is 2.91. The number of amides is 1. The van der Waals surface area contributed by atoms with Crippen LogP contribution >= 0.6 is 0 Å². The van der Waals surface area contributed by atoms with Crippen LogP contribution in [0.2, 0.25) is 0 Å². The number of methoxy groups -OCH3 is 2. The molecule has 21 heavy (non-hydrogen) atoms. The molecule has 1 aliphatic heterocycles. The zero-order valence-corrected chi connectivity index (χ0v) is 12.5. The van der Waals surface area contributed by atoms with Crippen molar-refractivity contribution in [3.63, 3.8) is 0 Å². The minimum Gasteiger partial charge on any atom is -0.493 e. The quantitative estimate of drug-likeness (QED) is 0.578. The van der Waals surface area contributed by atoms with E-state index in [0.717, 1.165) is 5.56 Å². The molecule has 1 aromatic carbocycles. The normalized spacial score (nSPS) is 21.1. The number of carbonyl (C=O) groups excluding carboxylic acids is 1. The lowest BCUT2D eigenvalue weighted by Crippen LogP contribution is -2.47. The molecule has 1 saturated heterocycles. The Hall–Kier alpha value is -1.83. The van der Waals surface area contributed by atoms with E-state index in [-0.39, 0.29) is 18.0 Å². The molecular formula is C14H22N4O3. The highest BCUT2D eigenvalue weighted by Crippen LogP contribution is 2.30. The standard InChI is InChI=1S/C14H22N4O3/c1-9-12(17-18-16-9)14(19)15-8-7-10-5-4-6-11(20-2)13(10)21-3/h4-6,9,12,16-18H,7-8H2,1-3H3,(H,15,19). The second-order valence-corrected chi connectivity index (χ2v) is 4.87. The summed E-state index contributed by atoms with van der Waals surface area (Å²) in [6.45, 7) is 2.47. The van der Waals surface area contributed by atoms with Gasteiger partial charge in [-0.15, -0.1) is 0 Å². The van der Waals surface area contributed by atoms with Gasteiger partial charge in [0.25, 0.3) is 0 Å². The van der Waals surface area contributed by atoms with Gasteiger partial charge in [0, 0.05) is 12.6 Å². The number of carbonyl (C=O) groups is 1. The Labute approximate surface area is 124 Å². The molecule has 1 heterocycles. The van der Waals surface area contributed by atoms with Crippen molar-refractivity contribution >= 4 is 5.91 Å². The Bertz CT molecular complexity index is 495. The summed E-state index contributed by atoms with van der Waals surface area (Å²) in [6, 6.07) is 5.48. The number of nitrogens with one attached hydrogen (secondary N) is 4. The zero-order chi connectivity index (χ0) is 15.2. The Morgan fingerprint density at radius 3 is 2.71 bits per heavy atom. The minimum atomic E-state index is -0.280. The first-order valence-electron chi connectivity index (χ1n) is 6.91. The van der Waals surface area contributed by atoms with E-state index in [4.69, 9.17) is 9.47 Å². The first kappa shape index (κ1) is 15.6. The van der Waals surface area contributed by atoms with Gasteiger partial charge in [0.2, 0.25) is 5.91 Å². The van der Waals surface area contributed by atoms with Crippen LogP contribution in [0.15, 0.2) is 18.2 Å². The Balaban J connectivity index is 1.90. The molecule has 1 aliphatic rings. The van der Waals surface area contributed by atoms with Crippen molar-refractivity contribution in [2.45, 2.75) is 25.4 Å². The van der Waals surface area contributed by atoms with Gasteiger partial charge in [-0.1, -0.05) is 12.1 Å². The van der Waals surface area contributed by atoms with E-state index in [9.17, 15) is 4.79 Å². The highest BCUT2D eigenvalue weighted by molar-refractivity contribution is 5.82. The Morgan fingerprint density at radius 2 is 2.10 bits per heavy atom. The first-order chi connectivity index (χ1) is 10.2. The maximum atomic E-state index is 12.0. The molecule has 116 valence electrons.